The summed E-state index contributed by atoms with van der Waals surface area (Å²) in [6, 6.07) is 5.81. The van der Waals surface area contributed by atoms with Crippen LogP contribution in [0.5, 0.6) is 5.75 Å². The number of methoxy groups -OCH3 is 1. The topological polar surface area (TPSA) is 87.1 Å². The Labute approximate surface area is 111 Å². The van der Waals surface area contributed by atoms with Crippen LogP contribution in [0.2, 0.25) is 0 Å². The molecule has 0 aliphatic rings. The van der Waals surface area contributed by atoms with Gasteiger partial charge in [-0.1, -0.05) is 12.1 Å². The average molecular weight is 267 g/mol. The van der Waals surface area contributed by atoms with E-state index in [4.69, 9.17) is 9.84 Å². The minimum atomic E-state index is -1.02. The van der Waals surface area contributed by atoms with Gasteiger partial charge in [0.1, 0.15) is 11.8 Å². The highest BCUT2D eigenvalue weighted by Gasteiger charge is 2.24. The molecule has 1 unspecified atom stereocenters. The Bertz CT molecular complexity index is 443. The van der Waals surface area contributed by atoms with Crippen LogP contribution in [0.25, 0.3) is 0 Å². The van der Waals surface area contributed by atoms with E-state index in [0.29, 0.717) is 11.3 Å². The standard InChI is InChI=1S/C13H17NO5/c1-14(8-7-11(15)16)12(13(17)18)9-3-5-10(19-2)6-4-9/h3-6,12H,7-8H2,1-2H3,(H,15,16)(H,17,18). The maximum Gasteiger partial charge on any atom is 0.325 e. The molecule has 0 aromatic heterocycles. The van der Waals surface area contributed by atoms with E-state index in [1.54, 1.807) is 31.3 Å². The Morgan fingerprint density at radius 3 is 2.26 bits per heavy atom. The van der Waals surface area contributed by atoms with E-state index in [2.05, 4.69) is 0 Å². The summed E-state index contributed by atoms with van der Waals surface area (Å²) < 4.78 is 5.01. The summed E-state index contributed by atoms with van der Waals surface area (Å²) >= 11 is 0. The molecule has 0 radical (unpaired) electrons. The van der Waals surface area contributed by atoms with Crippen LogP contribution in [0, 0.1) is 0 Å². The van der Waals surface area contributed by atoms with Crippen molar-refractivity contribution < 1.29 is 24.5 Å². The summed E-state index contributed by atoms with van der Waals surface area (Å²) in [4.78, 5) is 23.3. The number of carbonyl (C=O) groups is 2. The molecule has 0 amide bonds. The zero-order chi connectivity index (χ0) is 14.4. The van der Waals surface area contributed by atoms with Gasteiger partial charge in [-0.2, -0.15) is 0 Å². The Balaban J connectivity index is 2.86. The van der Waals surface area contributed by atoms with Gasteiger partial charge in [0.2, 0.25) is 0 Å². The van der Waals surface area contributed by atoms with Crippen molar-refractivity contribution >= 4 is 11.9 Å². The van der Waals surface area contributed by atoms with E-state index >= 15 is 0 Å². The SMILES string of the molecule is COc1ccc(C(C(=O)O)N(C)CCC(=O)O)cc1. The van der Waals surface area contributed by atoms with Crippen molar-refractivity contribution in [3.63, 3.8) is 0 Å². The second kappa shape index (κ2) is 6.75. The molecule has 0 spiro atoms. The lowest BCUT2D eigenvalue weighted by Crippen LogP contribution is -2.32. The molecule has 1 aromatic carbocycles. The van der Waals surface area contributed by atoms with Gasteiger partial charge in [-0.15, -0.1) is 0 Å². The second-order valence-corrected chi connectivity index (χ2v) is 4.14. The van der Waals surface area contributed by atoms with Crippen molar-refractivity contribution in [1.29, 1.82) is 0 Å². The van der Waals surface area contributed by atoms with Crippen molar-refractivity contribution in [3.05, 3.63) is 29.8 Å². The van der Waals surface area contributed by atoms with Crippen LogP contribution in [0.3, 0.4) is 0 Å². The molecule has 0 aliphatic heterocycles. The maximum atomic E-state index is 11.3. The van der Waals surface area contributed by atoms with Gasteiger partial charge in [-0.25, -0.2) is 0 Å². The number of likely N-dealkylation sites (N-methyl/N-ethyl adjacent to an activating group) is 1. The molecule has 6 nitrogen and oxygen atoms in total. The normalized spacial score (nSPS) is 12.2. The van der Waals surface area contributed by atoms with E-state index in [1.807, 2.05) is 0 Å². The molecule has 104 valence electrons. The highest BCUT2D eigenvalue weighted by atomic mass is 16.5. The van der Waals surface area contributed by atoms with Crippen molar-refractivity contribution in [2.75, 3.05) is 20.7 Å². The molecule has 6 heteroatoms. The van der Waals surface area contributed by atoms with Gasteiger partial charge in [0.25, 0.3) is 0 Å². The molecule has 2 N–H and O–H groups in total. The third-order valence-electron chi connectivity index (χ3n) is 2.78. The van der Waals surface area contributed by atoms with Gasteiger partial charge in [-0.05, 0) is 24.7 Å². The molecule has 0 heterocycles. The molecule has 1 atom stereocenters. The second-order valence-electron chi connectivity index (χ2n) is 4.14. The molecule has 0 bridgehead atoms. The van der Waals surface area contributed by atoms with E-state index in [0.717, 1.165) is 0 Å². The van der Waals surface area contributed by atoms with Crippen molar-refractivity contribution in [1.82, 2.24) is 4.90 Å². The Morgan fingerprint density at radius 2 is 1.84 bits per heavy atom. The number of benzene rings is 1. The first kappa shape index (κ1) is 15.0. The van der Waals surface area contributed by atoms with Crippen molar-refractivity contribution in [2.45, 2.75) is 12.5 Å². The van der Waals surface area contributed by atoms with E-state index < -0.39 is 18.0 Å². The number of nitrogens with zero attached hydrogens (tertiary/aromatic N) is 1. The molecule has 1 rings (SSSR count). The first-order valence-electron chi connectivity index (χ1n) is 5.74. The number of aliphatic carboxylic acids is 2. The van der Waals surface area contributed by atoms with Gasteiger partial charge in [-0.3, -0.25) is 14.5 Å². The van der Waals surface area contributed by atoms with Crippen molar-refractivity contribution in [3.8, 4) is 5.75 Å². The van der Waals surface area contributed by atoms with Gasteiger partial charge in [0.15, 0.2) is 0 Å². The lowest BCUT2D eigenvalue weighted by atomic mass is 10.1. The van der Waals surface area contributed by atoms with E-state index in [1.165, 1.54) is 12.0 Å². The summed E-state index contributed by atoms with van der Waals surface area (Å²) in [5, 5.41) is 17.9. The van der Waals surface area contributed by atoms with Crippen LogP contribution in [0.4, 0.5) is 0 Å². The number of hydrogen-bond donors (Lipinski definition) is 2. The molecule has 1 aromatic rings. The number of carboxylic acid groups (broad SMARTS) is 2. The Hall–Kier alpha value is -2.08. The highest BCUT2D eigenvalue weighted by Crippen LogP contribution is 2.22. The molecule has 0 fully saturated rings. The molecule has 0 saturated heterocycles. The van der Waals surface area contributed by atoms with E-state index in [9.17, 15) is 14.7 Å². The van der Waals surface area contributed by atoms with Crippen LogP contribution < -0.4 is 4.74 Å². The van der Waals surface area contributed by atoms with Crippen LogP contribution in [0.1, 0.15) is 18.0 Å². The van der Waals surface area contributed by atoms with Crippen LogP contribution in [0.15, 0.2) is 24.3 Å². The summed E-state index contributed by atoms with van der Waals surface area (Å²) in [6.07, 6.45) is -0.101. The third-order valence-corrected chi connectivity index (χ3v) is 2.78. The van der Waals surface area contributed by atoms with Crippen LogP contribution >= 0.6 is 0 Å². The maximum absolute atomic E-state index is 11.3. The molecular weight excluding hydrogens is 250 g/mol. The predicted octanol–water partition coefficient (Wildman–Crippen LogP) is 1.23. The minimum absolute atomic E-state index is 0.101. The fraction of sp³-hybridized carbons (Fsp3) is 0.385. The highest BCUT2D eigenvalue weighted by molar-refractivity contribution is 5.75. The lowest BCUT2D eigenvalue weighted by Gasteiger charge is -2.24. The summed E-state index contributed by atoms with van der Waals surface area (Å²) in [6.45, 7) is 0.165. The number of carboxylic acids is 2. The quantitative estimate of drug-likeness (QED) is 0.772. The molecule has 19 heavy (non-hydrogen) atoms. The van der Waals surface area contributed by atoms with Gasteiger partial charge >= 0.3 is 11.9 Å². The zero-order valence-electron chi connectivity index (χ0n) is 10.9. The van der Waals surface area contributed by atoms with E-state index in [-0.39, 0.29) is 13.0 Å². The number of hydrogen-bond acceptors (Lipinski definition) is 4. The van der Waals surface area contributed by atoms with Crippen LogP contribution in [-0.2, 0) is 9.59 Å². The minimum Gasteiger partial charge on any atom is -0.497 e. The monoisotopic (exact) mass is 267 g/mol. The predicted molar refractivity (Wildman–Crippen MR) is 68.3 cm³/mol. The number of ether oxygens (including phenoxy) is 1. The fourth-order valence-electron chi connectivity index (χ4n) is 1.77. The Morgan fingerprint density at radius 1 is 1.26 bits per heavy atom. The van der Waals surface area contributed by atoms with Gasteiger partial charge in [0.05, 0.1) is 13.5 Å². The average Bonchev–Trinajstić information content (AvgIpc) is 2.37. The van der Waals surface area contributed by atoms with Gasteiger partial charge < -0.3 is 14.9 Å². The molecular formula is C13H17NO5. The Kier molecular flexibility index (Phi) is 5.32. The number of rotatable bonds is 7. The summed E-state index contributed by atoms with van der Waals surface area (Å²) in [5.41, 5.74) is 0.584. The molecule has 0 aliphatic carbocycles. The molecule has 0 saturated carbocycles. The largest absolute Gasteiger partial charge is 0.497 e. The van der Waals surface area contributed by atoms with Crippen molar-refractivity contribution in [2.24, 2.45) is 0 Å². The summed E-state index contributed by atoms with van der Waals surface area (Å²) in [7, 11) is 3.12. The smallest absolute Gasteiger partial charge is 0.325 e. The van der Waals surface area contributed by atoms with Gasteiger partial charge in [0, 0.05) is 6.54 Å². The third kappa shape index (κ3) is 4.26. The lowest BCUT2D eigenvalue weighted by molar-refractivity contribution is -0.144. The fourth-order valence-corrected chi connectivity index (χ4v) is 1.77. The summed E-state index contributed by atoms with van der Waals surface area (Å²) in [5.74, 6) is -1.33. The zero-order valence-corrected chi connectivity index (χ0v) is 10.9. The first-order chi connectivity index (χ1) is 8.95. The van der Waals surface area contributed by atoms with Crippen LogP contribution in [-0.4, -0.2) is 47.8 Å². The first-order valence-corrected chi connectivity index (χ1v) is 5.74.